The average molecular weight is 436 g/mol. The molecular formula is C26H29NO5. The number of piperidine rings is 1. The van der Waals surface area contributed by atoms with E-state index in [2.05, 4.69) is 26.0 Å². The second kappa shape index (κ2) is 7.76. The van der Waals surface area contributed by atoms with Gasteiger partial charge in [0.25, 0.3) is 0 Å². The van der Waals surface area contributed by atoms with Crippen molar-refractivity contribution in [3.8, 4) is 17.2 Å². The van der Waals surface area contributed by atoms with Crippen LogP contribution in [0.5, 0.6) is 17.2 Å². The molecule has 2 aliphatic heterocycles. The van der Waals surface area contributed by atoms with Crippen molar-refractivity contribution in [2.24, 2.45) is 5.92 Å². The molecule has 0 saturated carbocycles. The molecule has 0 N–H and O–H groups in total. The number of para-hydroxylation sites is 1. The van der Waals surface area contributed by atoms with Crippen molar-refractivity contribution in [2.75, 3.05) is 20.8 Å². The molecule has 0 bridgehead atoms. The number of amides is 1. The summed E-state index contributed by atoms with van der Waals surface area (Å²) in [6.45, 7) is 4.83. The molecule has 3 aliphatic rings. The quantitative estimate of drug-likeness (QED) is 0.690. The molecule has 6 heteroatoms. The van der Waals surface area contributed by atoms with Crippen LogP contribution in [0.25, 0.3) is 0 Å². The zero-order chi connectivity index (χ0) is 22.5. The van der Waals surface area contributed by atoms with E-state index in [0.717, 1.165) is 30.1 Å². The lowest BCUT2D eigenvalue weighted by molar-refractivity contribution is -0.0153. The van der Waals surface area contributed by atoms with Crippen LogP contribution < -0.4 is 14.2 Å². The maximum absolute atomic E-state index is 13.1. The minimum atomic E-state index is -0.307. The van der Waals surface area contributed by atoms with Crippen LogP contribution >= 0.6 is 0 Å². The van der Waals surface area contributed by atoms with Crippen LogP contribution in [0.2, 0.25) is 0 Å². The number of likely N-dealkylation sites (tertiary alicyclic amines) is 1. The fraction of sp³-hybridized carbons (Fsp3) is 0.423. The van der Waals surface area contributed by atoms with Gasteiger partial charge in [-0.1, -0.05) is 24.3 Å². The summed E-state index contributed by atoms with van der Waals surface area (Å²) in [5.74, 6) is 3.12. The molecule has 2 aromatic rings. The Bertz CT molecular complexity index is 1070. The van der Waals surface area contributed by atoms with E-state index >= 15 is 0 Å². The maximum Gasteiger partial charge on any atom is 0.415 e. The minimum absolute atomic E-state index is 0.0303. The van der Waals surface area contributed by atoms with Crippen LogP contribution in [-0.2, 0) is 10.2 Å². The fourth-order valence-corrected chi connectivity index (χ4v) is 6.02. The zero-order valence-corrected chi connectivity index (χ0v) is 19.0. The Kier molecular flexibility index (Phi) is 5.03. The number of hydrogen-bond acceptors (Lipinski definition) is 5. The number of allylic oxidation sites excluding steroid dienone is 1. The Labute approximate surface area is 188 Å². The molecular weight excluding hydrogens is 406 g/mol. The Morgan fingerprint density at radius 3 is 2.62 bits per heavy atom. The molecule has 1 fully saturated rings. The lowest BCUT2D eigenvalue weighted by Gasteiger charge is -2.53. The lowest BCUT2D eigenvalue weighted by Crippen LogP contribution is -2.62. The molecule has 0 aromatic heterocycles. The summed E-state index contributed by atoms with van der Waals surface area (Å²) >= 11 is 0. The summed E-state index contributed by atoms with van der Waals surface area (Å²) in [6.07, 6.45) is 3.14. The van der Waals surface area contributed by atoms with Gasteiger partial charge in [-0.3, -0.25) is 0 Å². The van der Waals surface area contributed by atoms with Crippen molar-refractivity contribution in [3.05, 3.63) is 65.4 Å². The Morgan fingerprint density at radius 1 is 1.12 bits per heavy atom. The van der Waals surface area contributed by atoms with Crippen molar-refractivity contribution in [3.63, 3.8) is 0 Å². The third kappa shape index (κ3) is 2.89. The summed E-state index contributed by atoms with van der Waals surface area (Å²) in [6, 6.07) is 13.3. The van der Waals surface area contributed by atoms with Gasteiger partial charge in [0, 0.05) is 18.2 Å². The molecule has 1 spiro atoms. The molecule has 1 amide bonds. The van der Waals surface area contributed by atoms with Crippen LogP contribution in [0.3, 0.4) is 0 Å². The largest absolute Gasteiger partial charge is 0.497 e. The predicted molar refractivity (Wildman–Crippen MR) is 120 cm³/mol. The summed E-state index contributed by atoms with van der Waals surface area (Å²) in [4.78, 5) is 14.9. The first kappa shape index (κ1) is 20.7. The molecule has 1 aliphatic carbocycles. The van der Waals surface area contributed by atoms with Gasteiger partial charge in [0.2, 0.25) is 0 Å². The predicted octanol–water partition coefficient (Wildman–Crippen LogP) is 4.85. The van der Waals surface area contributed by atoms with E-state index in [0.29, 0.717) is 12.3 Å². The zero-order valence-electron chi connectivity index (χ0n) is 19.0. The smallest absolute Gasteiger partial charge is 0.415 e. The van der Waals surface area contributed by atoms with Crippen LogP contribution in [0.4, 0.5) is 4.79 Å². The standard InChI is InChI=1S/C26H29NO5/c1-16-10-12-20(29-3)23-22(16)26-14-15-27(25(28)31-18-8-6-5-7-9-18)17(2)19(26)11-13-21(30-4)24(26)32-23/h5-10,12-13,17,19,24H,11,14-15H2,1-4H3. The monoisotopic (exact) mass is 435 g/mol. The second-order valence-electron chi connectivity index (χ2n) is 8.84. The third-order valence-corrected chi connectivity index (χ3v) is 7.47. The van der Waals surface area contributed by atoms with Crippen LogP contribution in [0.1, 0.15) is 30.9 Å². The number of aryl methyl sites for hydroxylation is 1. The first-order valence-electron chi connectivity index (χ1n) is 11.1. The first-order valence-corrected chi connectivity index (χ1v) is 11.1. The van der Waals surface area contributed by atoms with Gasteiger partial charge in [0.1, 0.15) is 11.5 Å². The molecule has 1 saturated heterocycles. The normalized spacial score (nSPS) is 27.9. The number of benzene rings is 2. The molecule has 5 rings (SSSR count). The number of ether oxygens (including phenoxy) is 4. The fourth-order valence-electron chi connectivity index (χ4n) is 6.02. The van der Waals surface area contributed by atoms with Crippen molar-refractivity contribution >= 4 is 6.09 Å². The van der Waals surface area contributed by atoms with E-state index in [1.807, 2.05) is 29.2 Å². The Morgan fingerprint density at radius 2 is 1.91 bits per heavy atom. The van der Waals surface area contributed by atoms with Crippen molar-refractivity contribution in [1.29, 1.82) is 0 Å². The van der Waals surface area contributed by atoms with E-state index < -0.39 is 0 Å². The minimum Gasteiger partial charge on any atom is -0.497 e. The van der Waals surface area contributed by atoms with Gasteiger partial charge in [0.05, 0.1) is 19.6 Å². The lowest BCUT2D eigenvalue weighted by atomic mass is 9.57. The van der Waals surface area contributed by atoms with E-state index in [9.17, 15) is 4.79 Å². The van der Waals surface area contributed by atoms with Crippen molar-refractivity contribution < 1.29 is 23.7 Å². The number of methoxy groups -OCH3 is 2. The Hall–Kier alpha value is -3.15. The molecule has 0 radical (unpaired) electrons. The molecule has 32 heavy (non-hydrogen) atoms. The summed E-state index contributed by atoms with van der Waals surface area (Å²) in [5, 5.41) is 0. The molecule has 2 aromatic carbocycles. The third-order valence-electron chi connectivity index (χ3n) is 7.47. The van der Waals surface area contributed by atoms with Gasteiger partial charge in [-0.25, -0.2) is 4.79 Å². The molecule has 168 valence electrons. The molecule has 4 atom stereocenters. The van der Waals surface area contributed by atoms with Gasteiger partial charge < -0.3 is 23.8 Å². The number of fused-ring (bicyclic) bond motifs is 1. The maximum atomic E-state index is 13.1. The highest BCUT2D eigenvalue weighted by Gasteiger charge is 2.62. The highest BCUT2D eigenvalue weighted by atomic mass is 16.6. The van der Waals surface area contributed by atoms with Gasteiger partial charge >= 0.3 is 6.09 Å². The molecule has 2 heterocycles. The van der Waals surface area contributed by atoms with E-state index in [1.54, 1.807) is 26.4 Å². The molecule has 6 nitrogen and oxygen atoms in total. The van der Waals surface area contributed by atoms with E-state index in [4.69, 9.17) is 18.9 Å². The van der Waals surface area contributed by atoms with Crippen molar-refractivity contribution in [2.45, 2.75) is 44.2 Å². The van der Waals surface area contributed by atoms with E-state index in [-0.39, 0.29) is 29.6 Å². The van der Waals surface area contributed by atoms with Gasteiger partial charge in [0.15, 0.2) is 17.6 Å². The summed E-state index contributed by atoms with van der Waals surface area (Å²) in [5.41, 5.74) is 2.09. The number of carbonyl (C=O) groups is 1. The number of rotatable bonds is 3. The second-order valence-corrected chi connectivity index (χ2v) is 8.84. The number of carbonyl (C=O) groups excluding carboxylic acids is 1. The van der Waals surface area contributed by atoms with Gasteiger partial charge in [-0.05, 0) is 62.4 Å². The van der Waals surface area contributed by atoms with Crippen LogP contribution in [0, 0.1) is 12.8 Å². The topological polar surface area (TPSA) is 57.2 Å². The van der Waals surface area contributed by atoms with Crippen LogP contribution in [-0.4, -0.2) is 43.9 Å². The van der Waals surface area contributed by atoms with E-state index in [1.165, 1.54) is 11.1 Å². The van der Waals surface area contributed by atoms with Gasteiger partial charge in [-0.15, -0.1) is 0 Å². The SMILES string of the molecule is COC1=CCC2C(C)N(C(=O)Oc3ccccc3)CCC23c2c(C)ccc(OC)c2OC13. The Balaban J connectivity index is 1.54. The highest BCUT2D eigenvalue weighted by molar-refractivity contribution is 5.72. The first-order chi connectivity index (χ1) is 15.5. The molecule has 4 unspecified atom stereocenters. The number of hydrogen-bond donors (Lipinski definition) is 0. The highest BCUT2D eigenvalue weighted by Crippen LogP contribution is 2.61. The van der Waals surface area contributed by atoms with Gasteiger partial charge in [-0.2, -0.15) is 0 Å². The van der Waals surface area contributed by atoms with Crippen molar-refractivity contribution in [1.82, 2.24) is 4.90 Å². The summed E-state index contributed by atoms with van der Waals surface area (Å²) in [7, 11) is 3.37. The average Bonchev–Trinajstić information content (AvgIpc) is 3.15. The number of nitrogens with zero attached hydrogens (tertiary/aromatic N) is 1. The summed E-state index contributed by atoms with van der Waals surface area (Å²) < 4.78 is 23.7. The van der Waals surface area contributed by atoms with Crippen LogP contribution in [0.15, 0.2) is 54.3 Å².